The summed E-state index contributed by atoms with van der Waals surface area (Å²) in [5, 5.41) is 0. The van der Waals surface area contributed by atoms with Crippen LogP contribution in [0.2, 0.25) is 0 Å². The smallest absolute Gasteiger partial charge is 0.0110 e. The molecule has 0 unspecified atom stereocenters. The van der Waals surface area contributed by atoms with Crippen LogP contribution >= 0.6 is 11.8 Å². The molecule has 0 amide bonds. The van der Waals surface area contributed by atoms with Gasteiger partial charge in [0.2, 0.25) is 0 Å². The Morgan fingerprint density at radius 1 is 0.938 bits per heavy atom. The third-order valence-corrected chi connectivity index (χ3v) is 4.73. The minimum Gasteiger partial charge on any atom is -0.328 e. The summed E-state index contributed by atoms with van der Waals surface area (Å²) in [5.41, 5.74) is 5.92. The Morgan fingerprint density at radius 2 is 1.62 bits per heavy atom. The van der Waals surface area contributed by atoms with Crippen LogP contribution < -0.4 is 5.73 Å². The fourth-order valence-electron chi connectivity index (χ4n) is 2.48. The Bertz CT molecular complexity index is 185. The van der Waals surface area contributed by atoms with Gasteiger partial charge in [-0.2, -0.15) is 11.8 Å². The molecule has 2 N–H and O–H groups in total. The van der Waals surface area contributed by atoms with Gasteiger partial charge in [-0.05, 0) is 44.6 Å². The van der Waals surface area contributed by atoms with Crippen molar-refractivity contribution < 1.29 is 0 Å². The molecule has 2 saturated heterocycles. The first-order valence-corrected chi connectivity index (χ1v) is 7.78. The molecule has 0 radical (unpaired) electrons. The van der Waals surface area contributed by atoms with Crippen LogP contribution in [0.3, 0.4) is 0 Å². The van der Waals surface area contributed by atoms with Crippen molar-refractivity contribution in [3.8, 4) is 0 Å². The first kappa shape index (κ1) is 12.7. The maximum atomic E-state index is 5.92. The topological polar surface area (TPSA) is 32.5 Å². The average Bonchev–Trinajstić information content (AvgIpc) is 2.57. The van der Waals surface area contributed by atoms with E-state index in [2.05, 4.69) is 21.6 Å². The van der Waals surface area contributed by atoms with Gasteiger partial charge in [0.05, 0.1) is 0 Å². The molecule has 94 valence electrons. The second-order valence-electron chi connectivity index (χ2n) is 4.99. The molecule has 0 aliphatic carbocycles. The first-order chi connectivity index (χ1) is 7.84. The predicted molar refractivity (Wildman–Crippen MR) is 72.0 cm³/mol. The SMILES string of the molecule is NC1CCN(CCN2CCCSCC2)CC1. The van der Waals surface area contributed by atoms with E-state index >= 15 is 0 Å². The van der Waals surface area contributed by atoms with E-state index in [1.165, 1.54) is 70.0 Å². The minimum atomic E-state index is 0.464. The highest BCUT2D eigenvalue weighted by Crippen LogP contribution is 2.11. The molecule has 0 spiro atoms. The summed E-state index contributed by atoms with van der Waals surface area (Å²) < 4.78 is 0. The standard InChI is InChI=1S/C12H25N3S/c13-12-2-5-15(6-3-12)8-7-14-4-1-10-16-11-9-14/h12H,1-11,13H2. The molecule has 0 bridgehead atoms. The quantitative estimate of drug-likeness (QED) is 0.796. The minimum absolute atomic E-state index is 0.464. The number of rotatable bonds is 3. The van der Waals surface area contributed by atoms with Crippen molar-refractivity contribution in [1.29, 1.82) is 0 Å². The van der Waals surface area contributed by atoms with Gasteiger partial charge in [-0.15, -0.1) is 0 Å². The summed E-state index contributed by atoms with van der Waals surface area (Å²) in [6.07, 6.45) is 3.75. The van der Waals surface area contributed by atoms with Crippen molar-refractivity contribution in [2.24, 2.45) is 5.73 Å². The van der Waals surface area contributed by atoms with Gasteiger partial charge in [-0.1, -0.05) is 0 Å². The number of hydrogen-bond donors (Lipinski definition) is 1. The van der Waals surface area contributed by atoms with Crippen molar-refractivity contribution in [3.05, 3.63) is 0 Å². The van der Waals surface area contributed by atoms with Gasteiger partial charge in [-0.25, -0.2) is 0 Å². The van der Waals surface area contributed by atoms with E-state index < -0.39 is 0 Å². The molecule has 0 atom stereocenters. The van der Waals surface area contributed by atoms with Crippen molar-refractivity contribution >= 4 is 11.8 Å². The number of likely N-dealkylation sites (tertiary alicyclic amines) is 1. The van der Waals surface area contributed by atoms with Gasteiger partial charge in [-0.3, -0.25) is 0 Å². The van der Waals surface area contributed by atoms with Gasteiger partial charge in [0, 0.05) is 31.4 Å². The summed E-state index contributed by atoms with van der Waals surface area (Å²) in [6.45, 7) is 7.53. The van der Waals surface area contributed by atoms with Crippen LogP contribution in [0.15, 0.2) is 0 Å². The van der Waals surface area contributed by atoms with Crippen LogP contribution in [0.25, 0.3) is 0 Å². The summed E-state index contributed by atoms with van der Waals surface area (Å²) in [4.78, 5) is 5.22. The van der Waals surface area contributed by atoms with Crippen molar-refractivity contribution in [3.63, 3.8) is 0 Å². The predicted octanol–water partition coefficient (Wildman–Crippen LogP) is 0.848. The fraction of sp³-hybridized carbons (Fsp3) is 1.00. The number of piperidine rings is 1. The zero-order chi connectivity index (χ0) is 11.2. The second-order valence-corrected chi connectivity index (χ2v) is 6.21. The summed E-state index contributed by atoms with van der Waals surface area (Å²) in [6, 6.07) is 0.464. The second kappa shape index (κ2) is 6.84. The maximum absolute atomic E-state index is 5.92. The van der Waals surface area contributed by atoms with E-state index in [0.29, 0.717) is 6.04 Å². The van der Waals surface area contributed by atoms with E-state index in [-0.39, 0.29) is 0 Å². The van der Waals surface area contributed by atoms with Crippen molar-refractivity contribution in [1.82, 2.24) is 9.80 Å². The zero-order valence-electron chi connectivity index (χ0n) is 10.2. The molecule has 0 aromatic heterocycles. The number of thioether (sulfide) groups is 1. The summed E-state index contributed by atoms with van der Waals surface area (Å²) in [5.74, 6) is 2.68. The van der Waals surface area contributed by atoms with Gasteiger partial charge in [0.15, 0.2) is 0 Å². The lowest BCUT2D eigenvalue weighted by molar-refractivity contribution is 0.178. The molecule has 2 rings (SSSR count). The van der Waals surface area contributed by atoms with Gasteiger partial charge in [0.25, 0.3) is 0 Å². The van der Waals surface area contributed by atoms with Gasteiger partial charge < -0.3 is 15.5 Å². The van der Waals surface area contributed by atoms with Crippen LogP contribution in [0.5, 0.6) is 0 Å². The normalized spacial score (nSPS) is 26.8. The summed E-state index contributed by atoms with van der Waals surface area (Å²) in [7, 11) is 0. The molecule has 16 heavy (non-hydrogen) atoms. The molecule has 3 nitrogen and oxygen atoms in total. The van der Waals surface area contributed by atoms with Crippen molar-refractivity contribution in [2.75, 3.05) is 50.8 Å². The monoisotopic (exact) mass is 243 g/mol. The molecule has 0 aromatic carbocycles. The number of nitrogens with zero attached hydrogens (tertiary/aromatic N) is 2. The van der Waals surface area contributed by atoms with Gasteiger partial charge in [0.1, 0.15) is 0 Å². The lowest BCUT2D eigenvalue weighted by Gasteiger charge is -2.31. The average molecular weight is 243 g/mol. The van der Waals surface area contributed by atoms with E-state index in [1.807, 2.05) is 0 Å². The first-order valence-electron chi connectivity index (χ1n) is 6.62. The highest BCUT2D eigenvalue weighted by molar-refractivity contribution is 7.99. The van der Waals surface area contributed by atoms with E-state index in [1.54, 1.807) is 0 Å². The summed E-state index contributed by atoms with van der Waals surface area (Å²) >= 11 is 2.11. The lowest BCUT2D eigenvalue weighted by Crippen LogP contribution is -2.43. The molecule has 4 heteroatoms. The molecule has 2 heterocycles. The molecule has 2 aliphatic heterocycles. The van der Waals surface area contributed by atoms with Crippen LogP contribution in [0, 0.1) is 0 Å². The molecular weight excluding hydrogens is 218 g/mol. The fourth-order valence-corrected chi connectivity index (χ4v) is 3.41. The van der Waals surface area contributed by atoms with E-state index in [4.69, 9.17) is 5.73 Å². The van der Waals surface area contributed by atoms with Crippen molar-refractivity contribution in [2.45, 2.75) is 25.3 Å². The number of hydrogen-bond acceptors (Lipinski definition) is 4. The maximum Gasteiger partial charge on any atom is 0.0110 e. The van der Waals surface area contributed by atoms with E-state index in [9.17, 15) is 0 Å². The Hall–Kier alpha value is 0.230. The highest BCUT2D eigenvalue weighted by atomic mass is 32.2. The Balaban J connectivity index is 1.62. The Kier molecular flexibility index (Phi) is 5.42. The van der Waals surface area contributed by atoms with Crippen LogP contribution in [-0.4, -0.2) is 66.6 Å². The van der Waals surface area contributed by atoms with Crippen LogP contribution in [0.1, 0.15) is 19.3 Å². The third kappa shape index (κ3) is 4.24. The highest BCUT2D eigenvalue weighted by Gasteiger charge is 2.16. The number of nitrogens with two attached hydrogens (primary N) is 1. The molecule has 2 fully saturated rings. The molecule has 2 aliphatic rings. The van der Waals surface area contributed by atoms with Crippen LogP contribution in [-0.2, 0) is 0 Å². The lowest BCUT2D eigenvalue weighted by atomic mass is 10.1. The Labute approximate surface area is 104 Å². The largest absolute Gasteiger partial charge is 0.328 e. The molecular formula is C12H25N3S. The van der Waals surface area contributed by atoms with E-state index in [0.717, 1.165) is 0 Å². The molecule has 0 aromatic rings. The third-order valence-electron chi connectivity index (χ3n) is 3.68. The molecule has 0 saturated carbocycles. The zero-order valence-corrected chi connectivity index (χ0v) is 11.1. The Morgan fingerprint density at radius 3 is 2.38 bits per heavy atom. The van der Waals surface area contributed by atoms with Crippen LogP contribution in [0.4, 0.5) is 0 Å². The van der Waals surface area contributed by atoms with Gasteiger partial charge >= 0.3 is 0 Å².